The van der Waals surface area contributed by atoms with E-state index < -0.39 is 11.9 Å². The first kappa shape index (κ1) is 12.9. The molecule has 0 radical (unpaired) electrons. The zero-order chi connectivity index (χ0) is 13.7. The quantitative estimate of drug-likeness (QED) is 0.826. The number of rotatable bonds is 5. The Morgan fingerprint density at radius 1 is 1.11 bits per heavy atom. The Hall–Kier alpha value is -2.56. The second-order valence-electron chi connectivity index (χ2n) is 4.04. The van der Waals surface area contributed by atoms with Crippen LogP contribution in [0.15, 0.2) is 49.1 Å². The van der Waals surface area contributed by atoms with Gasteiger partial charge in [-0.05, 0) is 23.8 Å². The van der Waals surface area contributed by atoms with Gasteiger partial charge in [0.2, 0.25) is 0 Å². The summed E-state index contributed by atoms with van der Waals surface area (Å²) in [6.07, 6.45) is 5.86. The minimum Gasteiger partial charge on any atom is -0.481 e. The highest BCUT2D eigenvalue weighted by molar-refractivity contribution is 6.02. The molecule has 0 aromatic carbocycles. The minimum atomic E-state index is -1.02. The van der Waals surface area contributed by atoms with Gasteiger partial charge in [-0.1, -0.05) is 6.07 Å². The van der Waals surface area contributed by atoms with Gasteiger partial charge >= 0.3 is 5.97 Å². The number of Topliss-reactive ketones (excluding diaryl/α,β-unsaturated/α-hetero) is 1. The molecule has 2 aromatic rings. The molecule has 1 N–H and O–H groups in total. The third-order valence-electron chi connectivity index (χ3n) is 2.75. The largest absolute Gasteiger partial charge is 0.481 e. The highest BCUT2D eigenvalue weighted by Crippen LogP contribution is 2.23. The van der Waals surface area contributed by atoms with Crippen LogP contribution in [0.5, 0.6) is 0 Å². The average molecular weight is 256 g/mol. The van der Waals surface area contributed by atoms with Crippen LogP contribution in [-0.2, 0) is 4.79 Å². The van der Waals surface area contributed by atoms with Crippen molar-refractivity contribution < 1.29 is 14.7 Å². The monoisotopic (exact) mass is 256 g/mol. The molecule has 0 saturated heterocycles. The van der Waals surface area contributed by atoms with Gasteiger partial charge in [0, 0.05) is 30.4 Å². The van der Waals surface area contributed by atoms with Crippen LogP contribution in [0.1, 0.15) is 28.3 Å². The van der Waals surface area contributed by atoms with Gasteiger partial charge < -0.3 is 5.11 Å². The predicted octanol–water partition coefficient (Wildman–Crippen LogP) is 1.92. The van der Waals surface area contributed by atoms with Gasteiger partial charge in [0.05, 0.1) is 12.3 Å². The lowest BCUT2D eigenvalue weighted by Gasteiger charge is -2.13. The number of carbonyl (C=O) groups is 2. The molecule has 96 valence electrons. The van der Waals surface area contributed by atoms with E-state index in [1.54, 1.807) is 30.5 Å². The van der Waals surface area contributed by atoms with Crippen LogP contribution in [0.3, 0.4) is 0 Å². The molecule has 0 fully saturated rings. The fraction of sp³-hybridized carbons (Fsp3) is 0.143. The Bertz CT molecular complexity index is 570. The molecule has 0 saturated carbocycles. The standard InChI is InChI=1S/C14H12N2O3/c17-13(18)8-12(11-2-1-5-16-9-11)14(19)10-3-6-15-7-4-10/h1-7,9,12H,8H2,(H,17,18). The summed E-state index contributed by atoms with van der Waals surface area (Å²) in [7, 11) is 0. The first-order valence-corrected chi connectivity index (χ1v) is 5.74. The zero-order valence-electron chi connectivity index (χ0n) is 10.1. The summed E-state index contributed by atoms with van der Waals surface area (Å²) in [5, 5.41) is 8.96. The van der Waals surface area contributed by atoms with Crippen LogP contribution < -0.4 is 0 Å². The number of carbonyl (C=O) groups excluding carboxylic acids is 1. The van der Waals surface area contributed by atoms with Crippen LogP contribution in [0.25, 0.3) is 0 Å². The van der Waals surface area contributed by atoms with E-state index in [0.29, 0.717) is 11.1 Å². The molecule has 2 heterocycles. The molecule has 0 aliphatic carbocycles. The van der Waals surface area contributed by atoms with Crippen molar-refractivity contribution >= 4 is 11.8 Å². The van der Waals surface area contributed by atoms with E-state index in [2.05, 4.69) is 9.97 Å². The summed E-state index contributed by atoms with van der Waals surface area (Å²) in [5.41, 5.74) is 1.05. The molecule has 2 rings (SSSR count). The molecule has 0 aliphatic heterocycles. The number of aromatic nitrogens is 2. The van der Waals surface area contributed by atoms with Crippen LogP contribution in [0, 0.1) is 0 Å². The SMILES string of the molecule is O=C(O)CC(C(=O)c1ccncc1)c1cccnc1. The van der Waals surface area contributed by atoms with Crippen LogP contribution >= 0.6 is 0 Å². The number of carboxylic acids is 1. The Labute approximate surface area is 110 Å². The zero-order valence-corrected chi connectivity index (χ0v) is 10.1. The molecule has 0 bridgehead atoms. The Kier molecular flexibility index (Phi) is 3.97. The molecule has 5 nitrogen and oxygen atoms in total. The summed E-state index contributed by atoms with van der Waals surface area (Å²) < 4.78 is 0. The lowest BCUT2D eigenvalue weighted by atomic mass is 9.89. The second-order valence-corrected chi connectivity index (χ2v) is 4.04. The molecule has 0 aliphatic rings. The second kappa shape index (κ2) is 5.86. The normalized spacial score (nSPS) is 11.8. The molecule has 19 heavy (non-hydrogen) atoms. The molecule has 0 spiro atoms. The van der Waals surface area contributed by atoms with E-state index in [0.717, 1.165) is 0 Å². The van der Waals surface area contributed by atoms with Crippen LogP contribution in [-0.4, -0.2) is 26.8 Å². The van der Waals surface area contributed by atoms with Gasteiger partial charge in [-0.15, -0.1) is 0 Å². The maximum absolute atomic E-state index is 12.4. The summed E-state index contributed by atoms with van der Waals surface area (Å²) in [5.74, 6) is -1.98. The summed E-state index contributed by atoms with van der Waals surface area (Å²) in [6.45, 7) is 0. The van der Waals surface area contributed by atoms with Gasteiger partial charge in [0.15, 0.2) is 5.78 Å². The summed E-state index contributed by atoms with van der Waals surface area (Å²) in [6, 6.07) is 6.55. The molecule has 1 atom stereocenters. The predicted molar refractivity (Wildman–Crippen MR) is 67.8 cm³/mol. The number of carboxylic acid groups (broad SMARTS) is 1. The average Bonchev–Trinajstić information content (AvgIpc) is 2.46. The Morgan fingerprint density at radius 3 is 2.42 bits per heavy atom. The van der Waals surface area contributed by atoms with Gasteiger partial charge in [-0.2, -0.15) is 0 Å². The third-order valence-corrected chi connectivity index (χ3v) is 2.75. The van der Waals surface area contributed by atoms with E-state index >= 15 is 0 Å². The molecule has 2 aromatic heterocycles. The van der Waals surface area contributed by atoms with Crippen molar-refractivity contribution in [3.63, 3.8) is 0 Å². The lowest BCUT2D eigenvalue weighted by Crippen LogP contribution is -2.17. The minimum absolute atomic E-state index is 0.238. The van der Waals surface area contributed by atoms with Gasteiger partial charge in [-0.3, -0.25) is 19.6 Å². The van der Waals surface area contributed by atoms with Gasteiger partial charge in [0.1, 0.15) is 0 Å². The third kappa shape index (κ3) is 3.22. The lowest BCUT2D eigenvalue weighted by molar-refractivity contribution is -0.137. The maximum atomic E-state index is 12.4. The Morgan fingerprint density at radius 2 is 1.84 bits per heavy atom. The van der Waals surface area contributed by atoms with Crippen molar-refractivity contribution in [2.24, 2.45) is 0 Å². The fourth-order valence-corrected chi connectivity index (χ4v) is 1.84. The van der Waals surface area contributed by atoms with E-state index in [1.807, 2.05) is 0 Å². The fourth-order valence-electron chi connectivity index (χ4n) is 1.84. The summed E-state index contributed by atoms with van der Waals surface area (Å²) in [4.78, 5) is 31.1. The highest BCUT2D eigenvalue weighted by atomic mass is 16.4. The number of aliphatic carboxylic acids is 1. The van der Waals surface area contributed by atoms with Gasteiger partial charge in [0.25, 0.3) is 0 Å². The van der Waals surface area contributed by atoms with E-state index in [1.165, 1.54) is 18.6 Å². The molecule has 1 unspecified atom stereocenters. The first-order chi connectivity index (χ1) is 9.18. The van der Waals surface area contributed by atoms with Crippen molar-refractivity contribution in [2.45, 2.75) is 12.3 Å². The van der Waals surface area contributed by atoms with E-state index in [-0.39, 0.29) is 12.2 Å². The molecule has 5 heteroatoms. The molecular weight excluding hydrogens is 244 g/mol. The number of ketones is 1. The number of hydrogen-bond donors (Lipinski definition) is 1. The number of pyridine rings is 2. The van der Waals surface area contributed by atoms with E-state index in [9.17, 15) is 9.59 Å². The van der Waals surface area contributed by atoms with E-state index in [4.69, 9.17) is 5.11 Å². The number of nitrogens with zero attached hydrogens (tertiary/aromatic N) is 2. The van der Waals surface area contributed by atoms with Crippen LogP contribution in [0.2, 0.25) is 0 Å². The van der Waals surface area contributed by atoms with Crippen LogP contribution in [0.4, 0.5) is 0 Å². The smallest absolute Gasteiger partial charge is 0.304 e. The van der Waals surface area contributed by atoms with Crippen molar-refractivity contribution in [1.29, 1.82) is 0 Å². The number of hydrogen-bond acceptors (Lipinski definition) is 4. The van der Waals surface area contributed by atoms with Crippen molar-refractivity contribution in [3.8, 4) is 0 Å². The van der Waals surface area contributed by atoms with Crippen molar-refractivity contribution in [3.05, 3.63) is 60.2 Å². The Balaban J connectivity index is 2.33. The molecule has 0 amide bonds. The maximum Gasteiger partial charge on any atom is 0.304 e. The highest BCUT2D eigenvalue weighted by Gasteiger charge is 2.24. The van der Waals surface area contributed by atoms with Crippen molar-refractivity contribution in [1.82, 2.24) is 9.97 Å². The van der Waals surface area contributed by atoms with Gasteiger partial charge in [-0.25, -0.2) is 0 Å². The molecular formula is C14H12N2O3. The van der Waals surface area contributed by atoms with Crippen molar-refractivity contribution in [2.75, 3.05) is 0 Å². The summed E-state index contributed by atoms with van der Waals surface area (Å²) >= 11 is 0. The topological polar surface area (TPSA) is 80.1 Å². The first-order valence-electron chi connectivity index (χ1n) is 5.74.